The molecule has 1 aliphatic rings. The lowest BCUT2D eigenvalue weighted by molar-refractivity contribution is -0.144. The lowest BCUT2D eigenvalue weighted by atomic mass is 10.1. The van der Waals surface area contributed by atoms with E-state index >= 15 is 0 Å². The minimum Gasteiger partial charge on any atom is -0.488 e. The van der Waals surface area contributed by atoms with Crippen LogP contribution >= 0.6 is 11.6 Å². The van der Waals surface area contributed by atoms with Gasteiger partial charge < -0.3 is 14.2 Å². The number of halogens is 3. The van der Waals surface area contributed by atoms with E-state index in [9.17, 15) is 23.2 Å². The summed E-state index contributed by atoms with van der Waals surface area (Å²) in [5.41, 5.74) is 0.811. The highest BCUT2D eigenvalue weighted by molar-refractivity contribution is 6.30. The molecule has 1 aliphatic heterocycles. The van der Waals surface area contributed by atoms with E-state index < -0.39 is 31.0 Å². The van der Waals surface area contributed by atoms with Gasteiger partial charge in [0.2, 0.25) is 0 Å². The molecular weight excluding hydrogens is 424 g/mol. The van der Waals surface area contributed by atoms with Crippen LogP contribution in [0.1, 0.15) is 15.9 Å². The van der Waals surface area contributed by atoms with Crippen molar-refractivity contribution in [3.8, 4) is 11.5 Å². The molecule has 0 radical (unpaired) electrons. The average Bonchev–Trinajstić information content (AvgIpc) is 2.71. The van der Waals surface area contributed by atoms with Crippen LogP contribution in [0.5, 0.6) is 11.5 Å². The zero-order chi connectivity index (χ0) is 21.7. The van der Waals surface area contributed by atoms with Crippen molar-refractivity contribution < 1.29 is 37.4 Å². The maximum atomic E-state index is 12.1. The van der Waals surface area contributed by atoms with Crippen LogP contribution in [-0.4, -0.2) is 37.6 Å². The van der Waals surface area contributed by atoms with Gasteiger partial charge in [-0.05, 0) is 48.5 Å². The number of fused-ring (bicyclic) bond motifs is 1. The number of esters is 1. The minimum atomic E-state index is -2.99. The van der Waals surface area contributed by atoms with Crippen molar-refractivity contribution in [3.05, 3.63) is 64.2 Å². The van der Waals surface area contributed by atoms with Crippen molar-refractivity contribution in [2.24, 2.45) is 0 Å². The lowest BCUT2D eigenvalue weighted by Crippen LogP contribution is -2.34. The summed E-state index contributed by atoms with van der Waals surface area (Å²) in [6.07, 6.45) is 1.54. The molecule has 0 atom stereocenters. The van der Waals surface area contributed by atoms with E-state index in [1.54, 1.807) is 24.3 Å². The molecule has 0 fully saturated rings. The van der Waals surface area contributed by atoms with E-state index in [0.29, 0.717) is 16.3 Å². The third-order valence-electron chi connectivity index (χ3n) is 3.88. The Bertz CT molecular complexity index is 1010. The molecule has 2 aromatic carbocycles. The van der Waals surface area contributed by atoms with Crippen LogP contribution in [0.25, 0.3) is 6.08 Å². The number of carbonyl (C=O) groups is 3. The Hall–Kier alpha value is -3.46. The van der Waals surface area contributed by atoms with Gasteiger partial charge in [-0.25, -0.2) is 4.79 Å². The summed E-state index contributed by atoms with van der Waals surface area (Å²) in [6, 6.07) is 9.67. The second kappa shape index (κ2) is 9.36. The van der Waals surface area contributed by atoms with Gasteiger partial charge in [-0.1, -0.05) is 11.6 Å². The summed E-state index contributed by atoms with van der Waals surface area (Å²) >= 11 is 5.91. The summed E-state index contributed by atoms with van der Waals surface area (Å²) in [4.78, 5) is 36.0. The van der Waals surface area contributed by atoms with Gasteiger partial charge in [0.15, 0.2) is 6.61 Å². The van der Waals surface area contributed by atoms with Crippen LogP contribution < -0.4 is 14.8 Å². The fraction of sp³-hybridized carbons (Fsp3) is 0.150. The summed E-state index contributed by atoms with van der Waals surface area (Å²) in [7, 11) is 0. The number of ether oxygens (including phenoxy) is 3. The van der Waals surface area contributed by atoms with Crippen LogP contribution in [0, 0.1) is 0 Å². The highest BCUT2D eigenvalue weighted by atomic mass is 35.5. The Morgan fingerprint density at radius 2 is 1.87 bits per heavy atom. The molecule has 156 valence electrons. The number of alkyl halides is 2. The maximum absolute atomic E-state index is 12.1. The zero-order valence-electron chi connectivity index (χ0n) is 15.2. The van der Waals surface area contributed by atoms with E-state index in [2.05, 4.69) is 4.74 Å². The van der Waals surface area contributed by atoms with Crippen LogP contribution in [0.15, 0.2) is 48.0 Å². The van der Waals surface area contributed by atoms with Crippen molar-refractivity contribution in [1.29, 1.82) is 0 Å². The lowest BCUT2D eigenvalue weighted by Gasteiger charge is -2.17. The van der Waals surface area contributed by atoms with Gasteiger partial charge in [-0.2, -0.15) is 8.78 Å². The Labute approximate surface area is 174 Å². The molecule has 10 heteroatoms. The van der Waals surface area contributed by atoms with Gasteiger partial charge in [-0.15, -0.1) is 0 Å². The second-order valence-corrected chi connectivity index (χ2v) is 6.43. The number of nitrogens with one attached hydrogen (secondary N) is 1. The van der Waals surface area contributed by atoms with Crippen molar-refractivity contribution in [2.75, 3.05) is 13.2 Å². The summed E-state index contributed by atoms with van der Waals surface area (Å²) in [5.74, 6) is -2.00. The fourth-order valence-corrected chi connectivity index (χ4v) is 2.69. The Balaban J connectivity index is 1.52. The van der Waals surface area contributed by atoms with Crippen molar-refractivity contribution >= 4 is 35.5 Å². The summed E-state index contributed by atoms with van der Waals surface area (Å²) in [5, 5.41) is 2.49. The first-order chi connectivity index (χ1) is 14.3. The Morgan fingerprint density at radius 3 is 2.57 bits per heavy atom. The summed E-state index contributed by atoms with van der Waals surface area (Å²) in [6.45, 7) is -3.73. The van der Waals surface area contributed by atoms with Crippen LogP contribution in [-0.2, 0) is 14.3 Å². The van der Waals surface area contributed by atoms with Gasteiger partial charge in [-0.3, -0.25) is 14.9 Å². The zero-order valence-corrected chi connectivity index (χ0v) is 15.9. The van der Waals surface area contributed by atoms with Gasteiger partial charge in [0.1, 0.15) is 18.1 Å². The van der Waals surface area contributed by atoms with E-state index in [0.717, 1.165) is 12.1 Å². The van der Waals surface area contributed by atoms with Crippen LogP contribution in [0.2, 0.25) is 5.02 Å². The molecule has 0 aliphatic carbocycles. The van der Waals surface area contributed by atoms with E-state index in [4.69, 9.17) is 21.1 Å². The van der Waals surface area contributed by atoms with Crippen LogP contribution in [0.4, 0.5) is 8.78 Å². The molecule has 0 bridgehead atoms. The number of hydrogen-bond acceptors (Lipinski definition) is 6. The van der Waals surface area contributed by atoms with E-state index in [1.165, 1.54) is 12.1 Å². The van der Waals surface area contributed by atoms with Crippen molar-refractivity contribution in [2.45, 2.75) is 6.61 Å². The van der Waals surface area contributed by atoms with Gasteiger partial charge >= 0.3 is 12.6 Å². The van der Waals surface area contributed by atoms with E-state index in [-0.39, 0.29) is 23.5 Å². The normalized spacial score (nSPS) is 12.3. The maximum Gasteiger partial charge on any atom is 0.387 e. The van der Waals surface area contributed by atoms with Gasteiger partial charge in [0.25, 0.3) is 11.8 Å². The first kappa shape index (κ1) is 21.3. The predicted molar refractivity (Wildman–Crippen MR) is 101 cm³/mol. The minimum absolute atomic E-state index is 0.0353. The predicted octanol–water partition coefficient (Wildman–Crippen LogP) is 3.22. The highest BCUT2D eigenvalue weighted by Crippen LogP contribution is 2.29. The number of imide groups is 1. The highest BCUT2D eigenvalue weighted by Gasteiger charge is 2.20. The second-order valence-electron chi connectivity index (χ2n) is 6.00. The first-order valence-electron chi connectivity index (χ1n) is 8.51. The van der Waals surface area contributed by atoms with Crippen molar-refractivity contribution in [3.63, 3.8) is 0 Å². The molecule has 0 saturated carbocycles. The molecule has 0 saturated heterocycles. The fourth-order valence-electron chi connectivity index (χ4n) is 2.51. The molecule has 1 heterocycles. The number of amides is 2. The first-order valence-corrected chi connectivity index (χ1v) is 8.89. The topological polar surface area (TPSA) is 90.9 Å². The molecule has 0 spiro atoms. The van der Waals surface area contributed by atoms with E-state index in [1.807, 2.05) is 5.32 Å². The largest absolute Gasteiger partial charge is 0.488 e. The van der Waals surface area contributed by atoms with Gasteiger partial charge in [0, 0.05) is 16.1 Å². The molecule has 2 aromatic rings. The molecule has 3 rings (SSSR count). The Kier molecular flexibility index (Phi) is 6.63. The Morgan fingerprint density at radius 1 is 1.13 bits per heavy atom. The van der Waals surface area contributed by atoms with Crippen molar-refractivity contribution in [1.82, 2.24) is 5.32 Å². The van der Waals surface area contributed by atoms with Gasteiger partial charge in [0.05, 0.1) is 5.57 Å². The quantitative estimate of drug-likeness (QED) is 0.698. The molecule has 2 amide bonds. The third-order valence-corrected chi connectivity index (χ3v) is 4.11. The summed E-state index contributed by atoms with van der Waals surface area (Å²) < 4.78 is 38.7. The monoisotopic (exact) mass is 437 g/mol. The smallest absolute Gasteiger partial charge is 0.387 e. The molecule has 1 N–H and O–H groups in total. The third kappa shape index (κ3) is 5.54. The molecule has 0 unspecified atom stereocenters. The average molecular weight is 438 g/mol. The standard InChI is InChI=1S/C20H14ClF2NO6/c21-14-3-6-16-12(8-14)7-13(9-28-16)19(27)29-10-17(25)24-18(26)11-1-4-15(5-2-11)30-20(22)23/h1-8,20H,9-10H2,(H,24,25,26). The molecule has 7 nitrogen and oxygen atoms in total. The van der Waals surface area contributed by atoms with Crippen LogP contribution in [0.3, 0.4) is 0 Å². The number of hydrogen-bond donors (Lipinski definition) is 1. The number of carbonyl (C=O) groups excluding carboxylic acids is 3. The molecule has 30 heavy (non-hydrogen) atoms. The molecular formula is C20H14ClF2NO6. The number of benzene rings is 2. The number of rotatable bonds is 6. The SMILES string of the molecule is O=C(COC(=O)C1=Cc2cc(Cl)ccc2OC1)NC(=O)c1ccc(OC(F)F)cc1. The molecule has 0 aromatic heterocycles.